The van der Waals surface area contributed by atoms with Crippen LogP contribution in [0.25, 0.3) is 0 Å². The highest BCUT2D eigenvalue weighted by Crippen LogP contribution is 2.11. The van der Waals surface area contributed by atoms with Crippen LogP contribution in [0.3, 0.4) is 0 Å². The van der Waals surface area contributed by atoms with Gasteiger partial charge in [0.2, 0.25) is 11.8 Å². The Kier molecular flexibility index (Phi) is 7.87. The van der Waals surface area contributed by atoms with Crippen molar-refractivity contribution in [2.24, 2.45) is 11.5 Å². The Labute approximate surface area is 140 Å². The van der Waals surface area contributed by atoms with Crippen LogP contribution in [0.1, 0.15) is 31.4 Å². The minimum atomic E-state index is -1.39. The lowest BCUT2D eigenvalue weighted by Crippen LogP contribution is -2.49. The van der Waals surface area contributed by atoms with Gasteiger partial charge in [0.15, 0.2) is 0 Å². The number of hydrogen-bond acceptors (Lipinski definition) is 5. The maximum atomic E-state index is 11.9. The molecule has 0 aliphatic carbocycles. The fourth-order valence-electron chi connectivity index (χ4n) is 2.13. The number of aliphatic hydroxyl groups is 1. The van der Waals surface area contributed by atoms with Crippen molar-refractivity contribution in [1.82, 2.24) is 10.6 Å². The van der Waals surface area contributed by atoms with Crippen LogP contribution in [0.4, 0.5) is 0 Å². The maximum Gasteiger partial charge on any atom is 0.250 e. The van der Waals surface area contributed by atoms with Gasteiger partial charge in [0.05, 0.1) is 6.54 Å². The van der Waals surface area contributed by atoms with Crippen LogP contribution in [-0.2, 0) is 14.4 Å². The first-order valence-electron chi connectivity index (χ1n) is 7.71. The van der Waals surface area contributed by atoms with Gasteiger partial charge in [-0.1, -0.05) is 43.7 Å². The number of primary amides is 1. The van der Waals surface area contributed by atoms with Crippen LogP contribution in [0, 0.1) is 0 Å². The second-order valence-corrected chi connectivity index (χ2v) is 5.43. The van der Waals surface area contributed by atoms with Crippen molar-refractivity contribution in [3.8, 4) is 0 Å². The van der Waals surface area contributed by atoms with Gasteiger partial charge in [0.25, 0.3) is 5.91 Å². The number of aliphatic hydroxyl groups excluding tert-OH is 1. The van der Waals surface area contributed by atoms with E-state index in [1.165, 1.54) is 0 Å². The number of carbonyl (C=O) groups excluding carboxylic acids is 3. The van der Waals surface area contributed by atoms with Crippen molar-refractivity contribution in [2.45, 2.75) is 38.0 Å². The Morgan fingerprint density at radius 2 is 1.83 bits per heavy atom. The SMILES string of the molecule is CCC[C@H](N)C(O)C(=O)NCC(=O)N[C@H](C(N)=O)c1ccccc1. The molecule has 1 rings (SSSR count). The van der Waals surface area contributed by atoms with E-state index in [1.54, 1.807) is 30.3 Å². The third kappa shape index (κ3) is 5.98. The first-order valence-corrected chi connectivity index (χ1v) is 7.71. The average Bonchev–Trinajstić information content (AvgIpc) is 2.57. The van der Waals surface area contributed by atoms with Crippen molar-refractivity contribution in [2.75, 3.05) is 6.54 Å². The summed E-state index contributed by atoms with van der Waals surface area (Å²) in [6.45, 7) is 1.48. The normalized spacial score (nSPS) is 14.3. The summed E-state index contributed by atoms with van der Waals surface area (Å²) in [7, 11) is 0. The summed E-state index contributed by atoms with van der Waals surface area (Å²) in [5, 5.41) is 14.5. The third-order valence-electron chi connectivity index (χ3n) is 3.44. The van der Waals surface area contributed by atoms with E-state index in [2.05, 4.69) is 10.6 Å². The molecule has 0 radical (unpaired) electrons. The van der Waals surface area contributed by atoms with Crippen molar-refractivity contribution >= 4 is 17.7 Å². The molecule has 1 aromatic carbocycles. The quantitative estimate of drug-likeness (QED) is 0.390. The van der Waals surface area contributed by atoms with Crippen LogP contribution in [0.5, 0.6) is 0 Å². The van der Waals surface area contributed by atoms with Gasteiger partial charge in [0, 0.05) is 6.04 Å². The highest BCUT2D eigenvalue weighted by molar-refractivity contribution is 5.91. The molecule has 0 spiro atoms. The lowest BCUT2D eigenvalue weighted by Gasteiger charge is -2.19. The monoisotopic (exact) mass is 336 g/mol. The van der Waals surface area contributed by atoms with Crippen molar-refractivity contribution < 1.29 is 19.5 Å². The first kappa shape index (κ1) is 19.6. The summed E-state index contributed by atoms with van der Waals surface area (Å²) >= 11 is 0. The van der Waals surface area contributed by atoms with Gasteiger partial charge in [-0.25, -0.2) is 0 Å². The summed E-state index contributed by atoms with van der Waals surface area (Å²) in [5.41, 5.74) is 11.5. The molecule has 8 nitrogen and oxygen atoms in total. The van der Waals surface area contributed by atoms with E-state index in [0.29, 0.717) is 12.0 Å². The summed E-state index contributed by atoms with van der Waals surface area (Å²) in [6.07, 6.45) is -0.180. The zero-order chi connectivity index (χ0) is 18.1. The number of benzene rings is 1. The Morgan fingerprint density at radius 1 is 1.21 bits per heavy atom. The third-order valence-corrected chi connectivity index (χ3v) is 3.44. The molecular weight excluding hydrogens is 312 g/mol. The smallest absolute Gasteiger partial charge is 0.250 e. The number of hydrogen-bond donors (Lipinski definition) is 5. The van der Waals surface area contributed by atoms with E-state index in [0.717, 1.165) is 6.42 Å². The summed E-state index contributed by atoms with van der Waals surface area (Å²) < 4.78 is 0. The molecule has 7 N–H and O–H groups in total. The molecule has 0 aliphatic rings. The number of nitrogens with two attached hydrogens (primary N) is 2. The molecule has 3 amide bonds. The zero-order valence-corrected chi connectivity index (χ0v) is 13.6. The molecule has 8 heteroatoms. The van der Waals surface area contributed by atoms with E-state index < -0.39 is 42.5 Å². The molecule has 0 saturated carbocycles. The molecule has 0 aromatic heterocycles. The molecular formula is C16H24N4O4. The average molecular weight is 336 g/mol. The number of amides is 3. The number of rotatable bonds is 9. The lowest BCUT2D eigenvalue weighted by molar-refractivity contribution is -0.133. The van der Waals surface area contributed by atoms with Gasteiger partial charge in [-0.3, -0.25) is 14.4 Å². The van der Waals surface area contributed by atoms with Crippen molar-refractivity contribution in [3.05, 3.63) is 35.9 Å². The van der Waals surface area contributed by atoms with E-state index >= 15 is 0 Å². The fraction of sp³-hybridized carbons (Fsp3) is 0.438. The van der Waals surface area contributed by atoms with Crippen LogP contribution in [-0.4, -0.2) is 41.5 Å². The van der Waals surface area contributed by atoms with Crippen LogP contribution in [0.2, 0.25) is 0 Å². The molecule has 0 fully saturated rings. The molecule has 3 atom stereocenters. The molecule has 0 heterocycles. The van der Waals surface area contributed by atoms with E-state index in [1.807, 2.05) is 6.92 Å². The van der Waals surface area contributed by atoms with Crippen LogP contribution < -0.4 is 22.1 Å². The van der Waals surface area contributed by atoms with Gasteiger partial charge < -0.3 is 27.2 Å². The molecule has 0 saturated heterocycles. The molecule has 0 bridgehead atoms. The standard InChI is InChI=1S/C16H24N4O4/c1-2-6-11(17)14(22)16(24)19-9-12(21)20-13(15(18)23)10-7-4-3-5-8-10/h3-5,7-8,11,13-14,22H,2,6,9,17H2,1H3,(H2,18,23)(H,19,24)(H,20,21)/t11-,13-,14?/m0/s1. The van der Waals surface area contributed by atoms with Crippen molar-refractivity contribution in [1.29, 1.82) is 0 Å². The van der Waals surface area contributed by atoms with Gasteiger partial charge in [-0.15, -0.1) is 0 Å². The molecule has 0 aliphatic heterocycles. The Morgan fingerprint density at radius 3 is 2.38 bits per heavy atom. The Bertz CT molecular complexity index is 564. The number of carbonyl (C=O) groups is 3. The minimum absolute atomic E-state index is 0.397. The highest BCUT2D eigenvalue weighted by atomic mass is 16.3. The molecule has 24 heavy (non-hydrogen) atoms. The van der Waals surface area contributed by atoms with Crippen LogP contribution >= 0.6 is 0 Å². The van der Waals surface area contributed by atoms with Gasteiger partial charge in [-0.05, 0) is 12.0 Å². The maximum absolute atomic E-state index is 11.9. The van der Waals surface area contributed by atoms with Crippen LogP contribution in [0.15, 0.2) is 30.3 Å². The molecule has 1 unspecified atom stereocenters. The van der Waals surface area contributed by atoms with E-state index in [9.17, 15) is 19.5 Å². The summed E-state index contributed by atoms with van der Waals surface area (Å²) in [5.74, 6) is -2.06. The van der Waals surface area contributed by atoms with Gasteiger partial charge in [0.1, 0.15) is 12.1 Å². The number of nitrogens with one attached hydrogen (secondary N) is 2. The van der Waals surface area contributed by atoms with E-state index in [-0.39, 0.29) is 0 Å². The topological polar surface area (TPSA) is 148 Å². The van der Waals surface area contributed by atoms with Gasteiger partial charge >= 0.3 is 0 Å². The minimum Gasteiger partial charge on any atom is -0.382 e. The predicted molar refractivity (Wildman–Crippen MR) is 88.4 cm³/mol. The Hall–Kier alpha value is -2.45. The van der Waals surface area contributed by atoms with Crippen molar-refractivity contribution in [3.63, 3.8) is 0 Å². The fourth-order valence-corrected chi connectivity index (χ4v) is 2.13. The largest absolute Gasteiger partial charge is 0.382 e. The van der Waals surface area contributed by atoms with Gasteiger partial charge in [-0.2, -0.15) is 0 Å². The molecule has 1 aromatic rings. The summed E-state index contributed by atoms with van der Waals surface area (Å²) in [4.78, 5) is 35.2. The second kappa shape index (κ2) is 9.64. The zero-order valence-electron chi connectivity index (χ0n) is 13.6. The highest BCUT2D eigenvalue weighted by Gasteiger charge is 2.24. The predicted octanol–water partition coefficient (Wildman–Crippen LogP) is -1.07. The van der Waals surface area contributed by atoms with E-state index in [4.69, 9.17) is 11.5 Å². The lowest BCUT2D eigenvalue weighted by atomic mass is 10.1. The molecule has 132 valence electrons. The summed E-state index contributed by atoms with van der Waals surface area (Å²) in [6, 6.07) is 6.81. The second-order valence-electron chi connectivity index (χ2n) is 5.43. The first-order chi connectivity index (χ1) is 11.4. The Balaban J connectivity index is 2.55.